The average Bonchev–Trinajstić information content (AvgIpc) is 2.89. The molecule has 1 atom stereocenters. The molecule has 2 rings (SSSR count). The number of ether oxygens (including phenoxy) is 1. The maximum absolute atomic E-state index is 5.26. The van der Waals surface area contributed by atoms with Crippen LogP contribution in [0.3, 0.4) is 0 Å². The van der Waals surface area contributed by atoms with Gasteiger partial charge in [-0.15, -0.1) is 0 Å². The van der Waals surface area contributed by atoms with E-state index in [1.54, 1.807) is 7.11 Å². The molecule has 1 aliphatic heterocycles. The maximum Gasteiger partial charge on any atom is 0.118 e. The van der Waals surface area contributed by atoms with Gasteiger partial charge < -0.3 is 9.64 Å². The highest BCUT2D eigenvalue weighted by molar-refractivity contribution is 6.61. The monoisotopic (exact) mass is 263 g/mol. The summed E-state index contributed by atoms with van der Waals surface area (Å²) < 4.78 is 5.26. The molecule has 2 nitrogen and oxygen atoms in total. The van der Waals surface area contributed by atoms with E-state index in [1.165, 1.54) is 37.0 Å². The first-order chi connectivity index (χ1) is 8.70. The quantitative estimate of drug-likeness (QED) is 0.757. The lowest BCUT2D eigenvalue weighted by Gasteiger charge is -2.26. The Balaban J connectivity index is 2.15. The molecular formula is C15H25NOSi. The summed E-state index contributed by atoms with van der Waals surface area (Å²) in [4.78, 5) is 2.35. The van der Waals surface area contributed by atoms with Gasteiger partial charge >= 0.3 is 0 Å². The zero-order valence-electron chi connectivity index (χ0n) is 11.9. The lowest BCUT2D eigenvalue weighted by molar-refractivity contribution is 0.403. The van der Waals surface area contributed by atoms with E-state index in [4.69, 9.17) is 4.74 Å². The third-order valence-corrected chi connectivity index (χ3v) is 8.11. The molecule has 1 saturated heterocycles. The number of methoxy groups -OCH3 is 1. The van der Waals surface area contributed by atoms with E-state index < -0.39 is 8.80 Å². The van der Waals surface area contributed by atoms with E-state index in [2.05, 4.69) is 43.3 Å². The number of benzene rings is 1. The Bertz CT molecular complexity index is 357. The molecule has 3 heteroatoms. The average molecular weight is 263 g/mol. The predicted octanol–water partition coefficient (Wildman–Crippen LogP) is 2.90. The van der Waals surface area contributed by atoms with Crippen LogP contribution < -0.4 is 4.74 Å². The molecule has 1 aromatic carbocycles. The molecule has 0 radical (unpaired) electrons. The van der Waals surface area contributed by atoms with Crippen molar-refractivity contribution in [3.8, 4) is 5.75 Å². The molecule has 18 heavy (non-hydrogen) atoms. The Hall–Kier alpha value is -0.803. The first-order valence-electron chi connectivity index (χ1n) is 6.99. The summed E-state index contributed by atoms with van der Waals surface area (Å²) in [7, 11) is 5.54. The number of hydrogen-bond acceptors (Lipinski definition) is 2. The molecule has 1 aliphatic rings. The number of nitrogens with zero attached hydrogens (tertiary/aromatic N) is 1. The summed E-state index contributed by atoms with van der Waals surface area (Å²) >= 11 is 0. The van der Waals surface area contributed by atoms with Crippen LogP contribution in [0.15, 0.2) is 24.3 Å². The summed E-state index contributed by atoms with van der Waals surface area (Å²) in [5, 5.41) is 0. The second kappa shape index (κ2) is 6.39. The highest BCUT2D eigenvalue weighted by atomic mass is 28.3. The number of likely N-dealkylation sites (N-methyl/N-ethyl adjacent to an activating group) is 1. The fourth-order valence-electron chi connectivity index (χ4n) is 3.13. The summed E-state index contributed by atoms with van der Waals surface area (Å²) in [6, 6.07) is 11.8. The molecule has 0 N–H and O–H groups in total. The Morgan fingerprint density at radius 3 is 2.28 bits per heavy atom. The van der Waals surface area contributed by atoms with Gasteiger partial charge in [0.25, 0.3) is 0 Å². The molecule has 1 unspecified atom stereocenters. The first kappa shape index (κ1) is 13.6. The summed E-state index contributed by atoms with van der Waals surface area (Å²) in [6.07, 6.45) is 2.94. The summed E-state index contributed by atoms with van der Waals surface area (Å²) in [5.41, 5.74) is 2.34. The van der Waals surface area contributed by atoms with Gasteiger partial charge in [-0.25, -0.2) is 0 Å². The zero-order chi connectivity index (χ0) is 13.0. The van der Waals surface area contributed by atoms with Crippen LogP contribution in [-0.2, 0) is 0 Å². The second-order valence-electron chi connectivity index (χ2n) is 5.69. The summed E-state index contributed by atoms with van der Waals surface area (Å²) in [6.45, 7) is 1.21. The van der Waals surface area contributed by atoms with Gasteiger partial charge in [0.2, 0.25) is 0 Å². The molecule has 0 amide bonds. The smallest absolute Gasteiger partial charge is 0.118 e. The van der Waals surface area contributed by atoms with Gasteiger partial charge in [0, 0.05) is 15.3 Å². The lowest BCUT2D eigenvalue weighted by atomic mass is 10.1. The van der Waals surface area contributed by atoms with Gasteiger partial charge in [-0.05, 0) is 37.3 Å². The van der Waals surface area contributed by atoms with Crippen LogP contribution >= 0.6 is 0 Å². The van der Waals surface area contributed by atoms with Gasteiger partial charge in [-0.3, -0.25) is 0 Å². The molecular weight excluding hydrogens is 238 g/mol. The van der Waals surface area contributed by atoms with Crippen molar-refractivity contribution < 1.29 is 4.74 Å². The van der Waals surface area contributed by atoms with Crippen molar-refractivity contribution in [3.63, 3.8) is 0 Å². The molecule has 1 heterocycles. The Kier molecular flexibility index (Phi) is 4.84. The highest BCUT2D eigenvalue weighted by Gasteiger charge is 2.27. The molecule has 0 spiro atoms. The van der Waals surface area contributed by atoms with Crippen LogP contribution in [0.25, 0.3) is 0 Å². The molecule has 0 bridgehead atoms. The van der Waals surface area contributed by atoms with E-state index in [9.17, 15) is 0 Å². The highest BCUT2D eigenvalue weighted by Crippen LogP contribution is 2.32. The summed E-state index contributed by atoms with van der Waals surface area (Å²) in [5.74, 6) is 0.968. The van der Waals surface area contributed by atoms with E-state index in [0.717, 1.165) is 11.3 Å². The van der Waals surface area contributed by atoms with Crippen LogP contribution in [0.5, 0.6) is 5.75 Å². The van der Waals surface area contributed by atoms with E-state index >= 15 is 0 Å². The van der Waals surface area contributed by atoms with Crippen molar-refractivity contribution in [2.75, 3.05) is 27.7 Å². The topological polar surface area (TPSA) is 12.5 Å². The number of hydrogen-bond donors (Lipinski definition) is 0. The normalized spacial score (nSPS) is 18.2. The molecule has 0 aromatic heterocycles. The van der Waals surface area contributed by atoms with Crippen LogP contribution in [0, 0.1) is 0 Å². The van der Waals surface area contributed by atoms with Crippen molar-refractivity contribution in [2.24, 2.45) is 0 Å². The van der Waals surface area contributed by atoms with Gasteiger partial charge in [-0.1, -0.05) is 37.1 Å². The van der Waals surface area contributed by atoms with Crippen LogP contribution in [0.1, 0.15) is 23.9 Å². The van der Waals surface area contributed by atoms with E-state index in [-0.39, 0.29) is 0 Å². The van der Waals surface area contributed by atoms with E-state index in [0.29, 0.717) is 0 Å². The van der Waals surface area contributed by atoms with Gasteiger partial charge in [-0.2, -0.15) is 0 Å². The largest absolute Gasteiger partial charge is 0.497 e. The molecule has 100 valence electrons. The van der Waals surface area contributed by atoms with Crippen molar-refractivity contribution in [1.29, 1.82) is 0 Å². The Morgan fingerprint density at radius 2 is 1.78 bits per heavy atom. The minimum Gasteiger partial charge on any atom is -0.497 e. The lowest BCUT2D eigenvalue weighted by Crippen LogP contribution is -2.30. The van der Waals surface area contributed by atoms with Crippen LogP contribution in [0.2, 0.25) is 12.1 Å². The fraction of sp³-hybridized carbons (Fsp3) is 0.600. The Morgan fingerprint density at radius 1 is 1.17 bits per heavy atom. The van der Waals surface area contributed by atoms with Crippen molar-refractivity contribution in [3.05, 3.63) is 29.8 Å². The van der Waals surface area contributed by atoms with Gasteiger partial charge in [0.1, 0.15) is 5.75 Å². The van der Waals surface area contributed by atoms with Crippen LogP contribution in [0.4, 0.5) is 0 Å². The van der Waals surface area contributed by atoms with Crippen LogP contribution in [-0.4, -0.2) is 41.4 Å². The molecule has 0 aliphatic carbocycles. The van der Waals surface area contributed by atoms with Gasteiger partial charge in [0.15, 0.2) is 0 Å². The second-order valence-corrected chi connectivity index (χ2v) is 9.17. The van der Waals surface area contributed by atoms with Crippen molar-refractivity contribution in [1.82, 2.24) is 4.90 Å². The van der Waals surface area contributed by atoms with Crippen molar-refractivity contribution >= 4 is 8.80 Å². The molecule has 1 fully saturated rings. The molecule has 1 aromatic rings. The standard InChI is InChI=1S/C15H25NOSi/c1-16(2)12-15(18-10-4-5-11-18)13-6-8-14(17-3)9-7-13/h6-9,15,18H,4-5,10-12H2,1-3H3. The SMILES string of the molecule is COc1ccc(C(CN(C)C)[SiH]2CCCC2)cc1. The zero-order valence-corrected chi connectivity index (χ0v) is 13.0. The first-order valence-corrected chi connectivity index (χ1v) is 9.29. The van der Waals surface area contributed by atoms with E-state index in [1.807, 2.05) is 0 Å². The predicted molar refractivity (Wildman–Crippen MR) is 80.3 cm³/mol. The Labute approximate surface area is 113 Å². The minimum atomic E-state index is -0.586. The van der Waals surface area contributed by atoms with Gasteiger partial charge in [0.05, 0.1) is 7.11 Å². The third kappa shape index (κ3) is 3.36. The number of rotatable bonds is 5. The minimum absolute atomic E-state index is 0.586. The fourth-order valence-corrected chi connectivity index (χ4v) is 7.34. The van der Waals surface area contributed by atoms with Crippen molar-refractivity contribution in [2.45, 2.75) is 30.5 Å². The maximum atomic E-state index is 5.26. The molecule has 0 saturated carbocycles. The third-order valence-electron chi connectivity index (χ3n) is 4.07.